The third-order valence-corrected chi connectivity index (χ3v) is 2.16. The van der Waals surface area contributed by atoms with Gasteiger partial charge in [0, 0.05) is 10.6 Å². The molecule has 0 radical (unpaired) electrons. The maximum Gasteiger partial charge on any atom is 0.216 e. The van der Waals surface area contributed by atoms with E-state index in [1.165, 1.54) is 7.11 Å². The summed E-state index contributed by atoms with van der Waals surface area (Å²) in [6.45, 7) is 5.45. The molecule has 14 heavy (non-hydrogen) atoms. The summed E-state index contributed by atoms with van der Waals surface area (Å²) in [5, 5.41) is 0.751. The molecular formula is C10H15Cl2NO. The van der Waals surface area contributed by atoms with Gasteiger partial charge in [-0.3, -0.25) is 0 Å². The number of halogens is 2. The van der Waals surface area contributed by atoms with E-state index >= 15 is 0 Å². The Hall–Kier alpha value is -0.470. The van der Waals surface area contributed by atoms with E-state index in [0.29, 0.717) is 11.8 Å². The molecule has 0 aliphatic carbocycles. The van der Waals surface area contributed by atoms with Crippen molar-refractivity contribution in [1.29, 1.82) is 0 Å². The Bertz CT molecular complexity index is 247. The molecule has 0 unspecified atom stereocenters. The first kappa shape index (κ1) is 13.5. The summed E-state index contributed by atoms with van der Waals surface area (Å²) in [6.07, 6.45) is 3.61. The van der Waals surface area contributed by atoms with Gasteiger partial charge in [-0.2, -0.15) is 0 Å². The Morgan fingerprint density at radius 3 is 2.57 bits per heavy atom. The molecule has 0 amide bonds. The van der Waals surface area contributed by atoms with Gasteiger partial charge < -0.3 is 4.74 Å². The summed E-state index contributed by atoms with van der Waals surface area (Å²) >= 11 is 11.7. The van der Waals surface area contributed by atoms with Gasteiger partial charge in [0.05, 0.1) is 13.0 Å². The molecule has 80 valence electrons. The highest BCUT2D eigenvalue weighted by Crippen LogP contribution is 2.17. The molecule has 2 nitrogen and oxygen atoms in total. The van der Waals surface area contributed by atoms with Crippen molar-refractivity contribution < 1.29 is 4.74 Å². The summed E-state index contributed by atoms with van der Waals surface area (Å²) in [7, 11) is 1.53. The predicted octanol–water partition coefficient (Wildman–Crippen LogP) is 3.71. The van der Waals surface area contributed by atoms with Crippen LogP contribution < -0.4 is 0 Å². The lowest BCUT2D eigenvalue weighted by molar-refractivity contribution is 0.286. The topological polar surface area (TPSA) is 21.6 Å². The fraction of sp³-hybridized carbons (Fsp3) is 0.500. The van der Waals surface area contributed by atoms with Crippen molar-refractivity contribution in [2.24, 2.45) is 4.99 Å². The summed E-state index contributed by atoms with van der Waals surface area (Å²) in [5.74, 6) is 0.733. The van der Waals surface area contributed by atoms with Gasteiger partial charge in [0.1, 0.15) is 0 Å². The average molecular weight is 236 g/mol. The number of aliphatic imine (C=N–C) groups is 1. The summed E-state index contributed by atoms with van der Waals surface area (Å²) in [6, 6.07) is 0. The van der Waals surface area contributed by atoms with Crippen molar-refractivity contribution in [1.82, 2.24) is 0 Å². The Balaban J connectivity index is 4.79. The van der Waals surface area contributed by atoms with Crippen LogP contribution in [0.2, 0.25) is 0 Å². The molecule has 0 aromatic rings. The Morgan fingerprint density at radius 2 is 2.21 bits per heavy atom. The molecule has 0 spiro atoms. The van der Waals surface area contributed by atoms with Crippen LogP contribution in [0.1, 0.15) is 19.8 Å². The molecule has 0 aromatic carbocycles. The molecule has 0 atom stereocenters. The van der Waals surface area contributed by atoms with Gasteiger partial charge in [-0.05, 0) is 19.2 Å². The summed E-state index contributed by atoms with van der Waals surface area (Å²) in [4.78, 5) is 3.71. The van der Waals surface area contributed by atoms with E-state index in [1.54, 1.807) is 6.08 Å². The lowest BCUT2D eigenvalue weighted by Crippen LogP contribution is -1.92. The van der Waals surface area contributed by atoms with E-state index in [0.717, 1.165) is 23.4 Å². The van der Waals surface area contributed by atoms with Crippen molar-refractivity contribution in [3.63, 3.8) is 0 Å². The van der Waals surface area contributed by atoms with Crippen molar-refractivity contribution in [2.75, 3.05) is 13.0 Å². The zero-order chi connectivity index (χ0) is 11.0. The van der Waals surface area contributed by atoms with Crippen molar-refractivity contribution >= 4 is 29.9 Å². The lowest BCUT2D eigenvalue weighted by Gasteiger charge is -2.04. The first-order chi connectivity index (χ1) is 6.69. The van der Waals surface area contributed by atoms with Crippen molar-refractivity contribution in [3.05, 3.63) is 22.6 Å². The third-order valence-electron chi connectivity index (χ3n) is 1.58. The zero-order valence-electron chi connectivity index (χ0n) is 8.52. The van der Waals surface area contributed by atoms with Gasteiger partial charge in [-0.15, -0.1) is 11.6 Å². The number of ether oxygens (including phenoxy) is 1. The molecule has 0 saturated carbocycles. The van der Waals surface area contributed by atoms with Crippen LogP contribution in [-0.4, -0.2) is 19.7 Å². The van der Waals surface area contributed by atoms with Gasteiger partial charge in [0.15, 0.2) is 0 Å². The molecule has 0 aliphatic rings. The van der Waals surface area contributed by atoms with Crippen LogP contribution in [0.25, 0.3) is 0 Å². The van der Waals surface area contributed by atoms with E-state index in [1.807, 2.05) is 0 Å². The first-order valence-electron chi connectivity index (χ1n) is 4.35. The van der Waals surface area contributed by atoms with Crippen LogP contribution in [0.3, 0.4) is 0 Å². The quantitative estimate of drug-likeness (QED) is 0.298. The molecular weight excluding hydrogens is 221 g/mol. The van der Waals surface area contributed by atoms with E-state index in [4.69, 9.17) is 27.9 Å². The zero-order valence-corrected chi connectivity index (χ0v) is 10.0. The van der Waals surface area contributed by atoms with E-state index in [2.05, 4.69) is 18.6 Å². The molecule has 0 saturated heterocycles. The first-order valence-corrected chi connectivity index (χ1v) is 5.26. The second kappa shape index (κ2) is 7.89. The minimum absolute atomic E-state index is 0.308. The van der Waals surface area contributed by atoms with E-state index in [-0.39, 0.29) is 0 Å². The SMILES string of the molecule is C=NC(OC)=C(C=C(Cl)CCC)CCl. The molecule has 0 bridgehead atoms. The van der Waals surface area contributed by atoms with Gasteiger partial charge >= 0.3 is 0 Å². The highest BCUT2D eigenvalue weighted by atomic mass is 35.5. The fourth-order valence-electron chi connectivity index (χ4n) is 0.955. The monoisotopic (exact) mass is 235 g/mol. The predicted molar refractivity (Wildman–Crippen MR) is 63.1 cm³/mol. The molecule has 0 aromatic heterocycles. The Labute approximate surface area is 95.3 Å². The largest absolute Gasteiger partial charge is 0.481 e. The van der Waals surface area contributed by atoms with Crippen LogP contribution >= 0.6 is 23.2 Å². The normalized spacial score (nSPS) is 13.6. The number of hydrogen-bond acceptors (Lipinski definition) is 2. The minimum atomic E-state index is 0.308. The van der Waals surface area contributed by atoms with Crippen LogP contribution in [0.5, 0.6) is 0 Å². The standard InChI is InChI=1S/C10H15Cl2NO/c1-4-5-9(12)6-8(7-11)10(13-2)14-3/h6H,2,4-5,7H2,1,3H3. The Kier molecular flexibility index (Phi) is 7.63. The van der Waals surface area contributed by atoms with Crippen LogP contribution in [0, 0.1) is 0 Å². The number of alkyl halides is 1. The Morgan fingerprint density at radius 1 is 1.57 bits per heavy atom. The van der Waals surface area contributed by atoms with Gasteiger partial charge in [0.25, 0.3) is 0 Å². The molecule has 0 fully saturated rings. The number of nitrogens with zero attached hydrogens (tertiary/aromatic N) is 1. The summed E-state index contributed by atoms with van der Waals surface area (Å²) < 4.78 is 4.99. The highest BCUT2D eigenvalue weighted by Gasteiger charge is 2.03. The molecule has 0 aliphatic heterocycles. The summed E-state index contributed by atoms with van der Waals surface area (Å²) in [5.41, 5.74) is 0.752. The van der Waals surface area contributed by atoms with Crippen molar-refractivity contribution in [2.45, 2.75) is 19.8 Å². The lowest BCUT2D eigenvalue weighted by atomic mass is 10.2. The second-order valence-corrected chi connectivity index (χ2v) is 3.42. The number of methoxy groups -OCH3 is 1. The third kappa shape index (κ3) is 4.68. The highest BCUT2D eigenvalue weighted by molar-refractivity contribution is 6.30. The molecule has 4 heteroatoms. The molecule has 0 rings (SSSR count). The van der Waals surface area contributed by atoms with Crippen LogP contribution in [-0.2, 0) is 4.74 Å². The van der Waals surface area contributed by atoms with Crippen molar-refractivity contribution in [3.8, 4) is 0 Å². The van der Waals surface area contributed by atoms with E-state index < -0.39 is 0 Å². The fourth-order valence-corrected chi connectivity index (χ4v) is 1.47. The number of hydrogen-bond donors (Lipinski definition) is 0. The molecule has 0 heterocycles. The van der Waals surface area contributed by atoms with Crippen LogP contribution in [0.15, 0.2) is 27.6 Å². The molecule has 0 N–H and O–H groups in total. The second-order valence-electron chi connectivity index (χ2n) is 2.67. The van der Waals surface area contributed by atoms with Gasteiger partial charge in [-0.25, -0.2) is 4.99 Å². The maximum absolute atomic E-state index is 5.96. The number of rotatable bonds is 6. The van der Waals surface area contributed by atoms with E-state index in [9.17, 15) is 0 Å². The minimum Gasteiger partial charge on any atom is -0.481 e. The number of allylic oxidation sites excluding steroid dienone is 3. The van der Waals surface area contributed by atoms with Crippen LogP contribution in [0.4, 0.5) is 0 Å². The van der Waals surface area contributed by atoms with Gasteiger partial charge in [-0.1, -0.05) is 24.9 Å². The smallest absolute Gasteiger partial charge is 0.216 e. The maximum atomic E-state index is 5.96. The average Bonchev–Trinajstić information content (AvgIpc) is 2.18. The van der Waals surface area contributed by atoms with Gasteiger partial charge in [0.2, 0.25) is 5.88 Å².